The van der Waals surface area contributed by atoms with Crippen LogP contribution in [0.1, 0.15) is 15.9 Å². The fourth-order valence-corrected chi connectivity index (χ4v) is 3.28. The molecular weight excluding hydrogens is 338 g/mol. The van der Waals surface area contributed by atoms with Gasteiger partial charge in [-0.25, -0.2) is 4.79 Å². The van der Waals surface area contributed by atoms with Gasteiger partial charge in [0.2, 0.25) is 0 Å². The van der Waals surface area contributed by atoms with Crippen molar-refractivity contribution < 1.29 is 13.9 Å². The second-order valence-electron chi connectivity index (χ2n) is 5.61. The Bertz CT molecular complexity index is 996. The minimum absolute atomic E-state index is 0.240. The summed E-state index contributed by atoms with van der Waals surface area (Å²) >= 11 is 0.901. The number of anilines is 1. The molecule has 5 nitrogen and oxygen atoms in total. The first-order valence-corrected chi connectivity index (χ1v) is 8.41. The van der Waals surface area contributed by atoms with Crippen molar-refractivity contribution in [1.82, 2.24) is 0 Å². The van der Waals surface area contributed by atoms with E-state index in [1.807, 2.05) is 43.3 Å². The molecule has 128 valence electrons. The molecule has 0 radical (unpaired) electrons. The second-order valence-corrected chi connectivity index (χ2v) is 6.55. The van der Waals surface area contributed by atoms with Gasteiger partial charge in [0.05, 0.1) is 17.4 Å². The van der Waals surface area contributed by atoms with Gasteiger partial charge in [0.25, 0.3) is 0 Å². The molecule has 3 aromatic rings. The van der Waals surface area contributed by atoms with Crippen LogP contribution < -0.4 is 14.6 Å². The smallest absolute Gasteiger partial charge is 0.396 e. The van der Waals surface area contributed by atoms with E-state index in [2.05, 4.69) is 0 Å². The highest BCUT2D eigenvalue weighted by Gasteiger charge is 2.18. The molecule has 1 aromatic heterocycles. The molecule has 1 heterocycles. The van der Waals surface area contributed by atoms with Crippen LogP contribution in [0.2, 0.25) is 0 Å². The van der Waals surface area contributed by atoms with Gasteiger partial charge in [-0.15, -0.1) is 0 Å². The summed E-state index contributed by atoms with van der Waals surface area (Å²) in [5.41, 5.74) is 2.73. The van der Waals surface area contributed by atoms with Crippen molar-refractivity contribution in [2.75, 3.05) is 26.1 Å². The van der Waals surface area contributed by atoms with Gasteiger partial charge in [-0.2, -0.15) is 0 Å². The van der Waals surface area contributed by atoms with E-state index in [0.717, 1.165) is 22.6 Å². The first kappa shape index (κ1) is 17.0. The number of ether oxygens (including phenoxy) is 1. The van der Waals surface area contributed by atoms with Crippen LogP contribution in [0.3, 0.4) is 0 Å². The number of fused-ring (bicyclic) bond motifs is 1. The van der Waals surface area contributed by atoms with Crippen LogP contribution in [0.4, 0.5) is 5.69 Å². The molecule has 6 heteroatoms. The maximum absolute atomic E-state index is 12.7. The van der Waals surface area contributed by atoms with Crippen molar-refractivity contribution in [3.63, 3.8) is 0 Å². The van der Waals surface area contributed by atoms with E-state index in [9.17, 15) is 9.59 Å². The minimum atomic E-state index is -0.444. The van der Waals surface area contributed by atoms with E-state index in [1.54, 1.807) is 18.2 Å². The normalized spacial score (nSPS) is 11.2. The summed E-state index contributed by atoms with van der Waals surface area (Å²) in [5, 5.41) is 0. The molecule has 0 N–H and O–H groups in total. The maximum atomic E-state index is 12.7. The van der Waals surface area contributed by atoms with Crippen molar-refractivity contribution in [2.24, 2.45) is 0 Å². The molecule has 0 amide bonds. The quantitative estimate of drug-likeness (QED) is 0.514. The Morgan fingerprint density at radius 1 is 1.16 bits per heavy atom. The standard InChI is InChI=1S/C19H17NO4S/c1-20(2)13-7-4-12(5-8-13)6-9-14(21)17-15(23-3)10-11-16-18(17)25-19(22)24-16/h4-11H,1-3H3/b9-6+. The van der Waals surface area contributed by atoms with Gasteiger partial charge in [-0.3, -0.25) is 4.79 Å². The van der Waals surface area contributed by atoms with E-state index >= 15 is 0 Å². The summed E-state index contributed by atoms with van der Waals surface area (Å²) in [4.78, 5) is 25.8. The lowest BCUT2D eigenvalue weighted by Crippen LogP contribution is -2.07. The third kappa shape index (κ3) is 3.49. The molecule has 25 heavy (non-hydrogen) atoms. The SMILES string of the molecule is COc1ccc2oc(=O)sc2c1C(=O)/C=C/c1ccc(N(C)C)cc1. The first-order chi connectivity index (χ1) is 12.0. The van der Waals surface area contributed by atoms with Gasteiger partial charge < -0.3 is 14.1 Å². The average molecular weight is 355 g/mol. The molecule has 0 spiro atoms. The van der Waals surface area contributed by atoms with Gasteiger partial charge in [-0.1, -0.05) is 29.5 Å². The minimum Gasteiger partial charge on any atom is -0.496 e. The van der Waals surface area contributed by atoms with E-state index in [4.69, 9.17) is 9.15 Å². The molecule has 0 saturated heterocycles. The summed E-state index contributed by atoms with van der Waals surface area (Å²) in [7, 11) is 5.43. The van der Waals surface area contributed by atoms with Crippen LogP contribution in [-0.2, 0) is 0 Å². The Labute approximate surface area is 148 Å². The highest BCUT2D eigenvalue weighted by Crippen LogP contribution is 2.30. The van der Waals surface area contributed by atoms with Crippen molar-refractivity contribution in [3.8, 4) is 5.75 Å². The molecule has 2 aromatic carbocycles. The topological polar surface area (TPSA) is 59.8 Å². The number of hydrogen-bond donors (Lipinski definition) is 0. The number of allylic oxidation sites excluding steroid dienone is 1. The fraction of sp³-hybridized carbons (Fsp3) is 0.158. The van der Waals surface area contributed by atoms with Crippen molar-refractivity contribution in [2.45, 2.75) is 0 Å². The zero-order valence-corrected chi connectivity index (χ0v) is 14.9. The third-order valence-electron chi connectivity index (χ3n) is 3.76. The molecule has 0 saturated carbocycles. The van der Waals surface area contributed by atoms with Gasteiger partial charge in [0.1, 0.15) is 5.75 Å². The number of carbonyl (C=O) groups is 1. The van der Waals surface area contributed by atoms with E-state index in [1.165, 1.54) is 13.2 Å². The summed E-state index contributed by atoms with van der Waals surface area (Å²) in [6.45, 7) is 0. The molecule has 0 aliphatic rings. The number of nitrogens with zero attached hydrogens (tertiary/aromatic N) is 1. The number of carbonyl (C=O) groups excluding carboxylic acids is 1. The largest absolute Gasteiger partial charge is 0.496 e. The number of methoxy groups -OCH3 is 1. The Kier molecular flexibility index (Phi) is 4.72. The fourth-order valence-electron chi connectivity index (χ4n) is 2.46. The van der Waals surface area contributed by atoms with Crippen LogP contribution >= 0.6 is 11.3 Å². The molecular formula is C19H17NO4S. The third-order valence-corrected chi connectivity index (χ3v) is 4.62. The van der Waals surface area contributed by atoms with Crippen LogP contribution in [-0.4, -0.2) is 27.0 Å². The number of rotatable bonds is 5. The number of ketones is 1. The number of hydrogen-bond acceptors (Lipinski definition) is 6. The van der Waals surface area contributed by atoms with Crippen molar-refractivity contribution >= 4 is 39.2 Å². The molecule has 0 aliphatic carbocycles. The zero-order valence-electron chi connectivity index (χ0n) is 14.1. The van der Waals surface area contributed by atoms with Crippen LogP contribution in [0, 0.1) is 0 Å². The number of benzene rings is 2. The lowest BCUT2D eigenvalue weighted by atomic mass is 10.1. The highest BCUT2D eigenvalue weighted by molar-refractivity contribution is 7.16. The molecule has 3 rings (SSSR count). The predicted molar refractivity (Wildman–Crippen MR) is 101 cm³/mol. The molecule has 0 unspecified atom stereocenters. The Hall–Kier alpha value is -2.86. The van der Waals surface area contributed by atoms with Gasteiger partial charge in [0, 0.05) is 19.8 Å². The molecule has 0 atom stereocenters. The maximum Gasteiger partial charge on any atom is 0.396 e. The van der Waals surface area contributed by atoms with Crippen molar-refractivity contribution in [1.29, 1.82) is 0 Å². The zero-order chi connectivity index (χ0) is 18.0. The van der Waals surface area contributed by atoms with E-state index < -0.39 is 4.94 Å². The van der Waals surface area contributed by atoms with Crippen LogP contribution in [0.25, 0.3) is 16.4 Å². The van der Waals surface area contributed by atoms with Crippen molar-refractivity contribution in [3.05, 3.63) is 63.3 Å². The van der Waals surface area contributed by atoms with Gasteiger partial charge in [0.15, 0.2) is 11.4 Å². The van der Waals surface area contributed by atoms with E-state index in [-0.39, 0.29) is 5.78 Å². The van der Waals surface area contributed by atoms with Crippen LogP contribution in [0.5, 0.6) is 5.75 Å². The Morgan fingerprint density at radius 3 is 2.52 bits per heavy atom. The Morgan fingerprint density at radius 2 is 1.88 bits per heavy atom. The lowest BCUT2D eigenvalue weighted by Gasteiger charge is -2.11. The van der Waals surface area contributed by atoms with E-state index in [0.29, 0.717) is 21.6 Å². The van der Waals surface area contributed by atoms with Gasteiger partial charge >= 0.3 is 4.94 Å². The Balaban J connectivity index is 1.95. The molecule has 0 aliphatic heterocycles. The summed E-state index contributed by atoms with van der Waals surface area (Å²) < 4.78 is 10.9. The summed E-state index contributed by atoms with van der Waals surface area (Å²) in [5.74, 6) is 0.179. The average Bonchev–Trinajstić information content (AvgIpc) is 2.99. The second kappa shape index (κ2) is 6.94. The monoisotopic (exact) mass is 355 g/mol. The lowest BCUT2D eigenvalue weighted by molar-refractivity contribution is 0.104. The molecule has 0 fully saturated rings. The predicted octanol–water partition coefficient (Wildman–Crippen LogP) is 3.83. The molecule has 0 bridgehead atoms. The first-order valence-electron chi connectivity index (χ1n) is 7.60. The van der Waals surface area contributed by atoms with Crippen LogP contribution in [0.15, 0.2) is 51.7 Å². The summed E-state index contributed by atoms with van der Waals surface area (Å²) in [6, 6.07) is 11.1. The highest BCUT2D eigenvalue weighted by atomic mass is 32.1. The van der Waals surface area contributed by atoms with Gasteiger partial charge in [-0.05, 0) is 35.9 Å². The summed E-state index contributed by atoms with van der Waals surface area (Å²) in [6.07, 6.45) is 3.22.